The number of aliphatic carboxylic acids is 1. The van der Waals surface area contributed by atoms with Crippen LogP contribution in [0.2, 0.25) is 0 Å². The van der Waals surface area contributed by atoms with Crippen molar-refractivity contribution < 1.29 is 14.7 Å². The third-order valence-electron chi connectivity index (χ3n) is 4.00. The number of urea groups is 1. The van der Waals surface area contributed by atoms with E-state index >= 15 is 0 Å². The van der Waals surface area contributed by atoms with Gasteiger partial charge in [-0.2, -0.15) is 0 Å². The maximum atomic E-state index is 12.2. The van der Waals surface area contributed by atoms with Gasteiger partial charge in [-0.15, -0.1) is 0 Å². The fourth-order valence-electron chi connectivity index (χ4n) is 2.54. The van der Waals surface area contributed by atoms with E-state index in [4.69, 9.17) is 5.11 Å². The highest BCUT2D eigenvalue weighted by Gasteiger charge is 2.39. The van der Waals surface area contributed by atoms with Crippen molar-refractivity contribution in [3.05, 3.63) is 0 Å². The largest absolute Gasteiger partial charge is 0.480 e. The van der Waals surface area contributed by atoms with Crippen molar-refractivity contribution in [1.29, 1.82) is 0 Å². The second-order valence-corrected chi connectivity index (χ2v) is 6.30. The standard InChI is InChI=1S/C14H27N3O3/c1-11(2)8-17(9-12(18)19)13(20)15-10-14(16(3)4)6-5-7-14/h11H,5-10H2,1-4H3,(H,15,20)(H,18,19). The highest BCUT2D eigenvalue weighted by atomic mass is 16.4. The van der Waals surface area contributed by atoms with E-state index in [1.54, 1.807) is 0 Å². The number of likely N-dealkylation sites (N-methyl/N-ethyl adjacent to an activating group) is 1. The normalized spacial score (nSPS) is 16.9. The molecule has 1 fully saturated rings. The second-order valence-electron chi connectivity index (χ2n) is 6.30. The summed E-state index contributed by atoms with van der Waals surface area (Å²) < 4.78 is 0. The fraction of sp³-hybridized carbons (Fsp3) is 0.857. The molecule has 1 saturated carbocycles. The lowest BCUT2D eigenvalue weighted by Gasteiger charge is -2.47. The number of carboxylic acid groups (broad SMARTS) is 1. The summed E-state index contributed by atoms with van der Waals surface area (Å²) in [5.74, 6) is -0.738. The number of nitrogens with one attached hydrogen (secondary N) is 1. The van der Waals surface area contributed by atoms with Crippen LogP contribution in [0.15, 0.2) is 0 Å². The van der Waals surface area contributed by atoms with Crippen LogP contribution in [0.1, 0.15) is 33.1 Å². The quantitative estimate of drug-likeness (QED) is 0.738. The van der Waals surface area contributed by atoms with E-state index in [9.17, 15) is 9.59 Å². The molecule has 0 spiro atoms. The lowest BCUT2D eigenvalue weighted by molar-refractivity contribution is -0.137. The summed E-state index contributed by atoms with van der Waals surface area (Å²) in [7, 11) is 4.04. The van der Waals surface area contributed by atoms with Gasteiger partial charge in [0.2, 0.25) is 0 Å². The van der Waals surface area contributed by atoms with Gasteiger partial charge in [-0.3, -0.25) is 4.79 Å². The molecule has 0 atom stereocenters. The minimum absolute atomic E-state index is 0.0440. The molecule has 6 heteroatoms. The molecule has 0 aliphatic heterocycles. The molecule has 0 heterocycles. The van der Waals surface area contributed by atoms with Crippen molar-refractivity contribution in [2.75, 3.05) is 33.7 Å². The molecule has 0 radical (unpaired) electrons. The van der Waals surface area contributed by atoms with Gasteiger partial charge in [0.25, 0.3) is 0 Å². The number of hydrogen-bond acceptors (Lipinski definition) is 3. The van der Waals surface area contributed by atoms with E-state index in [-0.39, 0.29) is 24.0 Å². The maximum Gasteiger partial charge on any atom is 0.323 e. The number of hydrogen-bond donors (Lipinski definition) is 2. The van der Waals surface area contributed by atoms with Crippen molar-refractivity contribution in [3.8, 4) is 0 Å². The third kappa shape index (κ3) is 4.37. The Labute approximate surface area is 121 Å². The average molecular weight is 285 g/mol. The van der Waals surface area contributed by atoms with Crippen LogP contribution in [0.25, 0.3) is 0 Å². The van der Waals surface area contributed by atoms with Gasteiger partial charge in [0.15, 0.2) is 0 Å². The van der Waals surface area contributed by atoms with Crippen LogP contribution in [-0.4, -0.2) is 66.2 Å². The Morgan fingerprint density at radius 1 is 1.30 bits per heavy atom. The number of rotatable bonds is 7. The topological polar surface area (TPSA) is 72.9 Å². The van der Waals surface area contributed by atoms with Gasteiger partial charge < -0.3 is 20.2 Å². The molecule has 0 aromatic carbocycles. The van der Waals surface area contributed by atoms with Gasteiger partial charge in [-0.1, -0.05) is 13.8 Å². The predicted octanol–water partition coefficient (Wildman–Crippen LogP) is 1.22. The highest BCUT2D eigenvalue weighted by molar-refractivity contribution is 5.80. The number of carbonyl (C=O) groups excluding carboxylic acids is 1. The predicted molar refractivity (Wildman–Crippen MR) is 77.7 cm³/mol. The first-order valence-electron chi connectivity index (χ1n) is 7.19. The molecule has 0 bridgehead atoms. The van der Waals surface area contributed by atoms with Gasteiger partial charge in [-0.25, -0.2) is 4.79 Å². The number of nitrogens with zero attached hydrogens (tertiary/aromatic N) is 2. The maximum absolute atomic E-state index is 12.2. The highest BCUT2D eigenvalue weighted by Crippen LogP contribution is 2.35. The molecule has 0 unspecified atom stereocenters. The van der Waals surface area contributed by atoms with E-state index in [1.165, 1.54) is 11.3 Å². The van der Waals surface area contributed by atoms with Crippen molar-refractivity contribution in [1.82, 2.24) is 15.1 Å². The zero-order chi connectivity index (χ0) is 15.3. The minimum atomic E-state index is -0.980. The summed E-state index contributed by atoms with van der Waals surface area (Å²) in [4.78, 5) is 26.5. The Kier molecular flexibility index (Phi) is 5.80. The Balaban J connectivity index is 2.55. The first kappa shape index (κ1) is 16.8. The molecule has 116 valence electrons. The van der Waals surface area contributed by atoms with Gasteiger partial charge in [0.1, 0.15) is 6.54 Å². The molecule has 1 aliphatic carbocycles. The zero-order valence-corrected chi connectivity index (χ0v) is 13.0. The van der Waals surface area contributed by atoms with Crippen LogP contribution in [0.5, 0.6) is 0 Å². The Morgan fingerprint density at radius 2 is 1.90 bits per heavy atom. The van der Waals surface area contributed by atoms with Crippen LogP contribution in [-0.2, 0) is 4.79 Å². The van der Waals surface area contributed by atoms with Crippen LogP contribution in [0.3, 0.4) is 0 Å². The first-order valence-corrected chi connectivity index (χ1v) is 7.19. The number of carboxylic acids is 1. The van der Waals surface area contributed by atoms with Crippen LogP contribution >= 0.6 is 0 Å². The summed E-state index contributed by atoms with van der Waals surface area (Å²) in [6, 6.07) is -0.283. The molecule has 20 heavy (non-hydrogen) atoms. The molecule has 1 aliphatic rings. The average Bonchev–Trinajstić information content (AvgIpc) is 2.24. The molecule has 2 amide bonds. The summed E-state index contributed by atoms with van der Waals surface area (Å²) in [5, 5.41) is 11.8. The molecular formula is C14H27N3O3. The fourth-order valence-corrected chi connectivity index (χ4v) is 2.54. The summed E-state index contributed by atoms with van der Waals surface area (Å²) in [6.45, 7) is 4.71. The van der Waals surface area contributed by atoms with Gasteiger partial charge >= 0.3 is 12.0 Å². The molecule has 0 aromatic rings. The SMILES string of the molecule is CC(C)CN(CC(=O)O)C(=O)NCC1(N(C)C)CCC1. The van der Waals surface area contributed by atoms with Gasteiger partial charge in [-0.05, 0) is 39.3 Å². The molecule has 1 rings (SSSR count). The Morgan fingerprint density at radius 3 is 2.25 bits per heavy atom. The van der Waals surface area contributed by atoms with E-state index in [1.807, 2.05) is 27.9 Å². The Hall–Kier alpha value is -1.30. The second kappa shape index (κ2) is 6.92. The molecule has 2 N–H and O–H groups in total. The van der Waals surface area contributed by atoms with Crippen molar-refractivity contribution in [2.24, 2.45) is 5.92 Å². The van der Waals surface area contributed by atoms with Crippen molar-refractivity contribution >= 4 is 12.0 Å². The molecule has 0 aromatic heterocycles. The van der Waals surface area contributed by atoms with Crippen LogP contribution < -0.4 is 5.32 Å². The first-order chi connectivity index (χ1) is 9.27. The number of amides is 2. The minimum Gasteiger partial charge on any atom is -0.480 e. The Bertz CT molecular complexity index is 352. The molecular weight excluding hydrogens is 258 g/mol. The lowest BCUT2D eigenvalue weighted by atomic mass is 9.75. The van der Waals surface area contributed by atoms with Gasteiger partial charge in [0.05, 0.1) is 0 Å². The monoisotopic (exact) mass is 285 g/mol. The summed E-state index contributed by atoms with van der Waals surface area (Å²) in [6.07, 6.45) is 3.33. The van der Waals surface area contributed by atoms with Crippen LogP contribution in [0, 0.1) is 5.92 Å². The summed E-state index contributed by atoms with van der Waals surface area (Å²) >= 11 is 0. The lowest BCUT2D eigenvalue weighted by Crippen LogP contribution is -2.58. The van der Waals surface area contributed by atoms with E-state index in [0.29, 0.717) is 13.1 Å². The third-order valence-corrected chi connectivity index (χ3v) is 4.00. The van der Waals surface area contributed by atoms with Gasteiger partial charge in [0, 0.05) is 18.6 Å². The van der Waals surface area contributed by atoms with Crippen molar-refractivity contribution in [3.63, 3.8) is 0 Å². The molecule has 0 saturated heterocycles. The molecule has 6 nitrogen and oxygen atoms in total. The van der Waals surface area contributed by atoms with Crippen molar-refractivity contribution in [2.45, 2.75) is 38.6 Å². The van der Waals surface area contributed by atoms with E-state index in [2.05, 4.69) is 10.2 Å². The van der Waals surface area contributed by atoms with E-state index in [0.717, 1.165) is 12.8 Å². The van der Waals surface area contributed by atoms with E-state index < -0.39 is 5.97 Å². The van der Waals surface area contributed by atoms with Crippen LogP contribution in [0.4, 0.5) is 4.79 Å². The number of carbonyl (C=O) groups is 2. The smallest absolute Gasteiger partial charge is 0.323 e. The zero-order valence-electron chi connectivity index (χ0n) is 13.0. The summed E-state index contributed by atoms with van der Waals surface area (Å²) in [5.41, 5.74) is 0.0440.